The molecule has 5 nitrogen and oxygen atoms in total. The van der Waals surface area contributed by atoms with Gasteiger partial charge in [0.2, 0.25) is 0 Å². The van der Waals surface area contributed by atoms with E-state index >= 15 is 0 Å². The molecule has 0 saturated heterocycles. The van der Waals surface area contributed by atoms with Gasteiger partial charge in [-0.15, -0.1) is 0 Å². The zero-order valence-electron chi connectivity index (χ0n) is 16.0. The molecule has 0 aromatic heterocycles. The summed E-state index contributed by atoms with van der Waals surface area (Å²) in [6.45, 7) is 2.20. The van der Waals surface area contributed by atoms with Crippen molar-refractivity contribution in [1.82, 2.24) is 0 Å². The van der Waals surface area contributed by atoms with Gasteiger partial charge in [0.1, 0.15) is 16.4 Å². The van der Waals surface area contributed by atoms with Crippen molar-refractivity contribution in [2.75, 3.05) is 0 Å². The fourth-order valence-electron chi connectivity index (χ4n) is 2.79. The normalized spacial score (nSPS) is 11.0. The number of hydrogen-bond acceptors (Lipinski definition) is 4. The summed E-state index contributed by atoms with van der Waals surface area (Å²) in [5.41, 5.74) is 1.18. The zero-order chi connectivity index (χ0) is 19.0. The number of hydrogen-bond donors (Lipinski definition) is 1. The van der Waals surface area contributed by atoms with Crippen molar-refractivity contribution in [3.63, 3.8) is 0 Å². The van der Waals surface area contributed by atoms with E-state index < -0.39 is 20.8 Å². The molecule has 2 aromatic rings. The Hall–Kier alpha value is -0.414. The Labute approximate surface area is 204 Å². The molecule has 2 aromatic carbocycles. The van der Waals surface area contributed by atoms with Crippen LogP contribution in [0.5, 0.6) is 17.2 Å². The van der Waals surface area contributed by atoms with Crippen LogP contribution in [0.4, 0.5) is 0 Å². The number of unbranched alkanes of at least 4 members (excludes halogenated alkanes) is 5. The van der Waals surface area contributed by atoms with Crippen molar-refractivity contribution in [2.24, 2.45) is 0 Å². The first kappa shape index (κ1) is 24.6. The minimum absolute atomic E-state index is 0. The molecule has 2 rings (SSSR count). The van der Waals surface area contributed by atoms with E-state index in [1.165, 1.54) is 49.8 Å². The van der Waals surface area contributed by atoms with Crippen LogP contribution >= 0.6 is 0 Å². The van der Waals surface area contributed by atoms with E-state index in [0.29, 0.717) is 5.75 Å². The van der Waals surface area contributed by atoms with Gasteiger partial charge in [-0.05, 0) is 36.6 Å². The standard InChI is InChI=1S/C20H26O5S.K/c1-2-3-4-5-6-7-9-16-12-14-17(15-13-16)25-19-11-8-10-18(21)20(19)26(22,23)24;/h8,10-15,21H,2-7,9H2,1H3,(H,22,23,24);/q;+1/p-1. The quantitative estimate of drug-likeness (QED) is 0.362. The molecule has 0 spiro atoms. The van der Waals surface area contributed by atoms with Crippen LogP contribution in [0, 0.1) is 0 Å². The zero-order valence-corrected chi connectivity index (χ0v) is 19.9. The molecule has 0 unspecified atom stereocenters. The summed E-state index contributed by atoms with van der Waals surface area (Å²) in [7, 11) is -4.65. The van der Waals surface area contributed by atoms with Crippen LogP contribution in [0.25, 0.3) is 0 Å². The Balaban J connectivity index is 0.00000364. The molecule has 27 heavy (non-hydrogen) atoms. The smallest absolute Gasteiger partial charge is 0.871 e. The predicted molar refractivity (Wildman–Crippen MR) is 99.3 cm³/mol. The van der Waals surface area contributed by atoms with Gasteiger partial charge in [-0.3, -0.25) is 4.55 Å². The van der Waals surface area contributed by atoms with Gasteiger partial charge in [-0.25, -0.2) is 0 Å². The molecule has 1 N–H and O–H groups in total. The maximum Gasteiger partial charge on any atom is 1.00 e. The van der Waals surface area contributed by atoms with Crippen LogP contribution in [0.3, 0.4) is 0 Å². The fourth-order valence-corrected chi connectivity index (χ4v) is 3.48. The third kappa shape index (κ3) is 8.23. The van der Waals surface area contributed by atoms with Crippen LogP contribution < -0.4 is 61.2 Å². The molecule has 0 aliphatic heterocycles. The summed E-state index contributed by atoms with van der Waals surface area (Å²) in [5.74, 6) is -0.569. The third-order valence-corrected chi connectivity index (χ3v) is 5.09. The van der Waals surface area contributed by atoms with Crippen molar-refractivity contribution in [3.05, 3.63) is 48.0 Å². The Morgan fingerprint density at radius 1 is 0.963 bits per heavy atom. The average molecular weight is 417 g/mol. The molecule has 7 heteroatoms. The van der Waals surface area contributed by atoms with Crippen molar-refractivity contribution in [2.45, 2.75) is 56.8 Å². The van der Waals surface area contributed by atoms with E-state index in [1.54, 1.807) is 12.1 Å². The summed E-state index contributed by atoms with van der Waals surface area (Å²) in [5, 5.41) is 11.7. The van der Waals surface area contributed by atoms with E-state index in [1.807, 2.05) is 12.1 Å². The molecule has 0 saturated carbocycles. The van der Waals surface area contributed by atoms with E-state index in [4.69, 9.17) is 4.74 Å². The summed E-state index contributed by atoms with van der Waals surface area (Å²) in [4.78, 5) is -0.740. The Morgan fingerprint density at radius 3 is 2.22 bits per heavy atom. The van der Waals surface area contributed by atoms with Gasteiger partial charge in [0.05, 0.1) is 0 Å². The summed E-state index contributed by atoms with van der Waals surface area (Å²) in [6, 6.07) is 11.1. The Bertz CT molecular complexity index is 804. The van der Waals surface area contributed by atoms with E-state index in [9.17, 15) is 18.1 Å². The first-order valence-electron chi connectivity index (χ1n) is 8.96. The van der Waals surface area contributed by atoms with Crippen LogP contribution in [0.1, 0.15) is 51.0 Å². The molecule has 0 bridgehead atoms. The second-order valence-electron chi connectivity index (χ2n) is 6.32. The van der Waals surface area contributed by atoms with Crippen LogP contribution in [-0.2, 0) is 16.5 Å². The summed E-state index contributed by atoms with van der Waals surface area (Å²) >= 11 is 0. The van der Waals surface area contributed by atoms with Crippen molar-refractivity contribution < 1.29 is 74.2 Å². The molecule has 142 valence electrons. The maximum atomic E-state index is 11.7. The van der Waals surface area contributed by atoms with Crippen molar-refractivity contribution >= 4 is 10.1 Å². The van der Waals surface area contributed by atoms with Gasteiger partial charge < -0.3 is 9.84 Å². The molecule has 0 aliphatic rings. The predicted octanol–water partition coefficient (Wildman–Crippen LogP) is 1.71. The molecular formula is C20H25KO5S. The number of rotatable bonds is 10. The molecule has 0 atom stereocenters. The monoisotopic (exact) mass is 416 g/mol. The van der Waals surface area contributed by atoms with Crippen LogP contribution in [0.2, 0.25) is 0 Å². The average Bonchev–Trinajstić information content (AvgIpc) is 2.58. The molecule has 0 amide bonds. The van der Waals surface area contributed by atoms with Gasteiger partial charge in [0.25, 0.3) is 10.1 Å². The minimum atomic E-state index is -4.65. The first-order valence-corrected chi connectivity index (χ1v) is 10.4. The van der Waals surface area contributed by atoms with Crippen molar-refractivity contribution in [3.8, 4) is 17.2 Å². The molecule has 0 aliphatic carbocycles. The van der Waals surface area contributed by atoms with Gasteiger partial charge in [-0.1, -0.05) is 69.0 Å². The second-order valence-corrected chi connectivity index (χ2v) is 7.68. The summed E-state index contributed by atoms with van der Waals surface area (Å²) < 4.78 is 37.6. The van der Waals surface area contributed by atoms with Crippen LogP contribution in [0.15, 0.2) is 47.4 Å². The first-order chi connectivity index (χ1) is 12.4. The number of benzene rings is 2. The third-order valence-electron chi connectivity index (χ3n) is 4.17. The van der Waals surface area contributed by atoms with Gasteiger partial charge in [0, 0.05) is 0 Å². The largest absolute Gasteiger partial charge is 1.00 e. The SMILES string of the molecule is CCCCCCCCc1ccc(Oc2cccc([O-])c2S(=O)(=O)O)cc1.[K+]. The second kappa shape index (κ2) is 12.2. The van der Waals surface area contributed by atoms with E-state index in [-0.39, 0.29) is 57.1 Å². The molecule has 0 radical (unpaired) electrons. The van der Waals surface area contributed by atoms with Crippen molar-refractivity contribution in [1.29, 1.82) is 0 Å². The van der Waals surface area contributed by atoms with E-state index in [2.05, 4.69) is 6.92 Å². The van der Waals surface area contributed by atoms with Gasteiger partial charge in [-0.2, -0.15) is 8.42 Å². The van der Waals surface area contributed by atoms with Gasteiger partial charge in [0.15, 0.2) is 0 Å². The van der Waals surface area contributed by atoms with Gasteiger partial charge >= 0.3 is 51.4 Å². The number of aryl methyl sites for hydroxylation is 1. The topological polar surface area (TPSA) is 86.7 Å². The Kier molecular flexibility index (Phi) is 11.1. The molecule has 0 heterocycles. The minimum Gasteiger partial charge on any atom is -0.871 e. The summed E-state index contributed by atoms with van der Waals surface area (Å²) in [6.07, 6.45) is 8.43. The Morgan fingerprint density at radius 2 is 1.59 bits per heavy atom. The number of ether oxygens (including phenoxy) is 1. The fraction of sp³-hybridized carbons (Fsp3) is 0.400. The van der Waals surface area contributed by atoms with Crippen LogP contribution in [-0.4, -0.2) is 13.0 Å². The van der Waals surface area contributed by atoms with E-state index in [0.717, 1.165) is 18.9 Å². The molecule has 0 fully saturated rings. The maximum absolute atomic E-state index is 11.7. The molecular weight excluding hydrogens is 391 g/mol.